The summed E-state index contributed by atoms with van der Waals surface area (Å²) in [6.45, 7) is 2.59. The van der Waals surface area contributed by atoms with Gasteiger partial charge in [0.1, 0.15) is 12.1 Å². The molecule has 1 aromatic heterocycles. The van der Waals surface area contributed by atoms with Gasteiger partial charge in [-0.25, -0.2) is 14.5 Å². The molecule has 0 bridgehead atoms. The monoisotopic (exact) mass is 625 g/mol. The van der Waals surface area contributed by atoms with Crippen LogP contribution in [0.5, 0.6) is 5.75 Å². The number of halogens is 3. The van der Waals surface area contributed by atoms with E-state index in [1.807, 2.05) is 25.1 Å². The van der Waals surface area contributed by atoms with Crippen LogP contribution in [0, 0.1) is 6.92 Å². The fourth-order valence-corrected chi connectivity index (χ4v) is 5.09. The van der Waals surface area contributed by atoms with Crippen molar-refractivity contribution in [3.05, 3.63) is 89.7 Å². The number of urea groups is 1. The van der Waals surface area contributed by atoms with Gasteiger partial charge in [0.05, 0.1) is 23.7 Å². The van der Waals surface area contributed by atoms with E-state index in [0.717, 1.165) is 16.7 Å². The molecule has 44 heavy (non-hydrogen) atoms. The summed E-state index contributed by atoms with van der Waals surface area (Å²) in [6, 6.07) is 17.3. The van der Waals surface area contributed by atoms with E-state index in [4.69, 9.17) is 4.74 Å². The van der Waals surface area contributed by atoms with E-state index in [0.29, 0.717) is 36.2 Å². The molecular weight excluding hydrogens is 599 g/mol. The summed E-state index contributed by atoms with van der Waals surface area (Å²) >= 11 is 1.19. The first-order valence-corrected chi connectivity index (χ1v) is 14.1. The van der Waals surface area contributed by atoms with Crippen LogP contribution in [0.4, 0.5) is 35.3 Å². The maximum absolute atomic E-state index is 12.8. The number of methoxy groups -OCH3 is 1. The van der Waals surface area contributed by atoms with E-state index in [9.17, 15) is 22.8 Å². The number of carbonyl (C=O) groups excluding carboxylic acids is 2. The Hall–Kier alpha value is -4.89. The number of aliphatic imine (C=N–C) groups is 1. The standard InChI is InChI=1S/C29H26F3N7O4S/c1-18-3-6-20(15-42-2)24(13-18)39-25(40)16-44-28(39)36-27(41)35-21-7-4-19(5-8-21)14-33-26-34-17-38(37-26)22-9-11-23(12-10-22)43-29(30,31)32/h3-13,17H,14-16H2,1-2H3,(H,33,37)(H,35,41). The van der Waals surface area contributed by atoms with Gasteiger partial charge in [-0.2, -0.15) is 4.99 Å². The van der Waals surface area contributed by atoms with Gasteiger partial charge >= 0.3 is 12.4 Å². The zero-order valence-corrected chi connectivity index (χ0v) is 24.3. The molecule has 0 saturated carbocycles. The molecule has 2 heterocycles. The van der Waals surface area contributed by atoms with E-state index in [1.54, 1.807) is 31.4 Å². The zero-order valence-electron chi connectivity index (χ0n) is 23.5. The number of hydrogen-bond donors (Lipinski definition) is 2. The summed E-state index contributed by atoms with van der Waals surface area (Å²) in [5, 5.41) is 10.4. The van der Waals surface area contributed by atoms with Gasteiger partial charge in [0.25, 0.3) is 0 Å². The summed E-state index contributed by atoms with van der Waals surface area (Å²) in [6.07, 6.45) is -3.34. The molecule has 2 N–H and O–H groups in total. The molecule has 15 heteroatoms. The van der Waals surface area contributed by atoms with Crippen LogP contribution in [0.15, 0.2) is 78.0 Å². The highest BCUT2D eigenvalue weighted by Crippen LogP contribution is 2.31. The highest BCUT2D eigenvalue weighted by molar-refractivity contribution is 8.15. The van der Waals surface area contributed by atoms with Gasteiger partial charge in [0.15, 0.2) is 5.17 Å². The molecule has 5 rings (SSSR count). The van der Waals surface area contributed by atoms with E-state index >= 15 is 0 Å². The van der Waals surface area contributed by atoms with Crippen molar-refractivity contribution in [1.82, 2.24) is 14.8 Å². The van der Waals surface area contributed by atoms with Gasteiger partial charge in [-0.1, -0.05) is 36.0 Å². The molecule has 1 aliphatic heterocycles. The van der Waals surface area contributed by atoms with Crippen LogP contribution in [0.25, 0.3) is 5.69 Å². The third-order valence-corrected chi connectivity index (χ3v) is 7.15. The molecule has 1 fully saturated rings. The quantitative estimate of drug-likeness (QED) is 0.236. The van der Waals surface area contributed by atoms with Crippen molar-refractivity contribution >= 4 is 46.2 Å². The Labute approximate surface area is 254 Å². The minimum absolute atomic E-state index is 0.171. The summed E-state index contributed by atoms with van der Waals surface area (Å²) in [5.74, 6) is -0.0248. The lowest BCUT2D eigenvalue weighted by atomic mass is 10.1. The average molecular weight is 626 g/mol. The van der Waals surface area contributed by atoms with Crippen molar-refractivity contribution in [1.29, 1.82) is 0 Å². The number of nitrogens with one attached hydrogen (secondary N) is 2. The molecule has 11 nitrogen and oxygen atoms in total. The number of amidine groups is 1. The molecule has 0 radical (unpaired) electrons. The second-order valence-corrected chi connectivity index (χ2v) is 10.5. The number of aromatic nitrogens is 3. The predicted molar refractivity (Wildman–Crippen MR) is 160 cm³/mol. The van der Waals surface area contributed by atoms with Gasteiger partial charge in [0.2, 0.25) is 11.9 Å². The average Bonchev–Trinajstić information content (AvgIpc) is 3.60. The summed E-state index contributed by atoms with van der Waals surface area (Å²) in [7, 11) is 1.57. The zero-order chi connectivity index (χ0) is 31.3. The van der Waals surface area contributed by atoms with E-state index in [2.05, 4.69) is 30.4 Å². The molecule has 3 aromatic carbocycles. The number of ether oxygens (including phenoxy) is 2. The second kappa shape index (κ2) is 13.2. The smallest absolute Gasteiger partial charge is 0.406 e. The topological polar surface area (TPSA) is 123 Å². The predicted octanol–water partition coefficient (Wildman–Crippen LogP) is 5.90. The Morgan fingerprint density at radius 3 is 2.55 bits per heavy atom. The fraction of sp³-hybridized carbons (Fsp3) is 0.207. The maximum Gasteiger partial charge on any atom is 0.573 e. The Bertz CT molecular complexity index is 1680. The summed E-state index contributed by atoms with van der Waals surface area (Å²) in [5.41, 5.74) is 4.29. The van der Waals surface area contributed by atoms with Crippen molar-refractivity contribution < 1.29 is 32.2 Å². The number of anilines is 3. The lowest BCUT2D eigenvalue weighted by Gasteiger charge is -2.20. The number of aryl methyl sites for hydroxylation is 1. The van der Waals surface area contributed by atoms with Gasteiger partial charge in [0, 0.05) is 24.9 Å². The van der Waals surface area contributed by atoms with Gasteiger partial charge in [-0.05, 0) is 60.5 Å². The van der Waals surface area contributed by atoms with Crippen molar-refractivity contribution in [2.45, 2.75) is 26.4 Å². The lowest BCUT2D eigenvalue weighted by Crippen LogP contribution is -2.31. The molecule has 228 valence electrons. The molecule has 0 atom stereocenters. The Kier molecular flexibility index (Phi) is 9.15. The van der Waals surface area contributed by atoms with Crippen LogP contribution in [0.1, 0.15) is 16.7 Å². The second-order valence-electron chi connectivity index (χ2n) is 9.51. The first kappa shape index (κ1) is 30.6. The SMILES string of the molecule is COCc1ccc(C)cc1N1C(=O)CSC1=NC(=O)Nc1ccc(CNc2ncn(-c3ccc(OC(F)(F)F)cc3)n2)cc1. The number of rotatable bonds is 9. The van der Waals surface area contributed by atoms with Gasteiger partial charge < -0.3 is 20.1 Å². The molecule has 3 amide bonds. The van der Waals surface area contributed by atoms with E-state index in [1.165, 1.54) is 51.9 Å². The first-order valence-electron chi connectivity index (χ1n) is 13.1. The van der Waals surface area contributed by atoms with E-state index < -0.39 is 12.4 Å². The van der Waals surface area contributed by atoms with Crippen LogP contribution in [0.3, 0.4) is 0 Å². The minimum Gasteiger partial charge on any atom is -0.406 e. The molecule has 1 saturated heterocycles. The minimum atomic E-state index is -4.76. The highest BCUT2D eigenvalue weighted by atomic mass is 32.2. The molecule has 0 unspecified atom stereocenters. The molecule has 0 aliphatic carbocycles. The van der Waals surface area contributed by atoms with Gasteiger partial charge in [-0.15, -0.1) is 18.3 Å². The number of alkyl halides is 3. The van der Waals surface area contributed by atoms with Crippen LogP contribution in [-0.4, -0.2) is 51.1 Å². The number of carbonyl (C=O) groups is 2. The number of benzene rings is 3. The van der Waals surface area contributed by atoms with Crippen molar-refractivity contribution in [2.75, 3.05) is 28.4 Å². The van der Waals surface area contributed by atoms with E-state index in [-0.39, 0.29) is 22.6 Å². The number of amides is 3. The van der Waals surface area contributed by atoms with Crippen LogP contribution in [0.2, 0.25) is 0 Å². The Balaban J connectivity index is 1.17. The number of nitrogens with zero attached hydrogens (tertiary/aromatic N) is 5. The highest BCUT2D eigenvalue weighted by Gasteiger charge is 2.32. The molecule has 1 aliphatic rings. The largest absolute Gasteiger partial charge is 0.573 e. The maximum atomic E-state index is 12.8. The van der Waals surface area contributed by atoms with Crippen molar-refractivity contribution in [3.8, 4) is 11.4 Å². The van der Waals surface area contributed by atoms with Gasteiger partial charge in [-0.3, -0.25) is 9.69 Å². The number of hydrogen-bond acceptors (Lipinski definition) is 8. The normalized spacial score (nSPS) is 14.2. The van der Waals surface area contributed by atoms with Crippen LogP contribution < -0.4 is 20.3 Å². The molecule has 0 spiro atoms. The molecular formula is C29H26F3N7O4S. The third kappa shape index (κ3) is 7.73. The van der Waals surface area contributed by atoms with Crippen molar-refractivity contribution in [2.24, 2.45) is 4.99 Å². The molecule has 4 aromatic rings. The number of thioether (sulfide) groups is 1. The Morgan fingerprint density at radius 1 is 1.09 bits per heavy atom. The van der Waals surface area contributed by atoms with Crippen LogP contribution >= 0.6 is 11.8 Å². The van der Waals surface area contributed by atoms with Crippen molar-refractivity contribution in [3.63, 3.8) is 0 Å². The fourth-order valence-electron chi connectivity index (χ4n) is 4.24. The lowest BCUT2D eigenvalue weighted by molar-refractivity contribution is -0.274. The van der Waals surface area contributed by atoms with Crippen LogP contribution in [-0.2, 0) is 22.7 Å². The summed E-state index contributed by atoms with van der Waals surface area (Å²) in [4.78, 5) is 35.3. The summed E-state index contributed by atoms with van der Waals surface area (Å²) < 4.78 is 47.7. The first-order chi connectivity index (χ1) is 21.1. The Morgan fingerprint density at radius 2 is 1.84 bits per heavy atom. The third-order valence-electron chi connectivity index (χ3n) is 6.23.